The van der Waals surface area contributed by atoms with Crippen LogP contribution in [0.5, 0.6) is 0 Å². The van der Waals surface area contributed by atoms with Crippen molar-refractivity contribution in [2.24, 2.45) is 0 Å². The summed E-state index contributed by atoms with van der Waals surface area (Å²) in [4.78, 5) is 16.5. The lowest BCUT2D eigenvalue weighted by Gasteiger charge is -2.29. The van der Waals surface area contributed by atoms with E-state index in [9.17, 15) is 4.79 Å². The number of benzene rings is 1. The van der Waals surface area contributed by atoms with Crippen LogP contribution in [0.15, 0.2) is 43.0 Å². The maximum atomic E-state index is 12.4. The van der Waals surface area contributed by atoms with E-state index in [4.69, 9.17) is 0 Å². The average molecular weight is 310 g/mol. The van der Waals surface area contributed by atoms with Gasteiger partial charge in [0.25, 0.3) is 5.91 Å². The highest BCUT2D eigenvalue weighted by molar-refractivity contribution is 5.94. The number of carbonyl (C=O) groups is 1. The summed E-state index contributed by atoms with van der Waals surface area (Å²) in [7, 11) is 0. The molecule has 2 fully saturated rings. The van der Waals surface area contributed by atoms with Crippen LogP contribution in [0.4, 0.5) is 0 Å². The van der Waals surface area contributed by atoms with Crippen molar-refractivity contribution in [2.75, 3.05) is 0 Å². The van der Waals surface area contributed by atoms with Gasteiger partial charge in [-0.2, -0.15) is 0 Å². The first-order valence-corrected chi connectivity index (χ1v) is 8.38. The van der Waals surface area contributed by atoms with Crippen molar-refractivity contribution < 1.29 is 4.79 Å². The summed E-state index contributed by atoms with van der Waals surface area (Å²) in [5.41, 5.74) is 1.91. The molecule has 2 atom stereocenters. The van der Waals surface area contributed by atoms with E-state index in [0.29, 0.717) is 18.1 Å². The molecule has 2 saturated heterocycles. The number of hydrogen-bond acceptors (Lipinski definition) is 3. The molecule has 4 rings (SSSR count). The van der Waals surface area contributed by atoms with Crippen molar-refractivity contribution in [1.29, 1.82) is 0 Å². The van der Waals surface area contributed by atoms with Crippen LogP contribution in [-0.4, -0.2) is 33.6 Å². The zero-order valence-corrected chi connectivity index (χ0v) is 13.1. The molecule has 120 valence electrons. The van der Waals surface area contributed by atoms with Crippen molar-refractivity contribution in [3.05, 3.63) is 54.1 Å². The number of nitrogens with one attached hydrogen (secondary N) is 2. The highest BCUT2D eigenvalue weighted by Gasteiger charge is 2.34. The first-order valence-electron chi connectivity index (χ1n) is 8.38. The first kappa shape index (κ1) is 14.5. The number of carbonyl (C=O) groups excluding carboxylic acids is 1. The third-order valence-electron chi connectivity index (χ3n) is 4.95. The molecule has 1 amide bonds. The number of nitrogens with zero attached hydrogens (tertiary/aromatic N) is 2. The molecule has 2 aromatic rings. The molecule has 0 spiro atoms. The van der Waals surface area contributed by atoms with Crippen LogP contribution < -0.4 is 10.6 Å². The summed E-state index contributed by atoms with van der Waals surface area (Å²) in [5.74, 6) is 0.0467. The molecule has 2 aliphatic heterocycles. The molecule has 2 N–H and O–H groups in total. The molecule has 0 saturated carbocycles. The Kier molecular flexibility index (Phi) is 3.87. The largest absolute Gasteiger partial charge is 0.349 e. The lowest BCUT2D eigenvalue weighted by molar-refractivity contribution is 0.0924. The van der Waals surface area contributed by atoms with Gasteiger partial charge in [-0.3, -0.25) is 4.79 Å². The molecular weight excluding hydrogens is 288 g/mol. The minimum absolute atomic E-state index is 0.0467. The quantitative estimate of drug-likeness (QED) is 0.907. The number of amides is 1. The standard InChI is InChI=1S/C18H22N4O/c23-18(21-17-9-15-5-6-16(10-17)20-15)14-3-1-13(2-4-14)11-22-8-7-19-12-22/h1-4,7-8,12,15-17,20H,5-6,9-11H2,(H,21,23). The SMILES string of the molecule is O=C(NC1CC2CCC(C1)N2)c1ccc(Cn2ccnc2)cc1. The van der Waals surface area contributed by atoms with E-state index in [1.165, 1.54) is 18.4 Å². The Bertz CT molecular complexity index is 653. The fourth-order valence-corrected chi connectivity index (χ4v) is 3.80. The third kappa shape index (κ3) is 3.29. The van der Waals surface area contributed by atoms with E-state index in [-0.39, 0.29) is 5.91 Å². The van der Waals surface area contributed by atoms with Gasteiger partial charge < -0.3 is 15.2 Å². The van der Waals surface area contributed by atoms with Gasteiger partial charge in [0.1, 0.15) is 0 Å². The number of rotatable bonds is 4. The lowest BCUT2D eigenvalue weighted by atomic mass is 9.99. The van der Waals surface area contributed by atoms with Crippen LogP contribution >= 0.6 is 0 Å². The van der Waals surface area contributed by atoms with E-state index >= 15 is 0 Å². The smallest absolute Gasteiger partial charge is 0.251 e. The van der Waals surface area contributed by atoms with E-state index < -0.39 is 0 Å². The topological polar surface area (TPSA) is 59.0 Å². The van der Waals surface area contributed by atoms with Crippen molar-refractivity contribution in [3.8, 4) is 0 Å². The molecule has 5 nitrogen and oxygen atoms in total. The van der Waals surface area contributed by atoms with Crippen LogP contribution in [0.2, 0.25) is 0 Å². The summed E-state index contributed by atoms with van der Waals surface area (Å²) >= 11 is 0. The molecule has 1 aromatic heterocycles. The van der Waals surface area contributed by atoms with Gasteiger partial charge in [-0.1, -0.05) is 12.1 Å². The van der Waals surface area contributed by atoms with Crippen LogP contribution in [0.1, 0.15) is 41.6 Å². The fraction of sp³-hybridized carbons (Fsp3) is 0.444. The first-order chi connectivity index (χ1) is 11.3. The second kappa shape index (κ2) is 6.16. The minimum atomic E-state index is 0.0467. The summed E-state index contributed by atoms with van der Waals surface area (Å²) in [5, 5.41) is 6.81. The van der Waals surface area contributed by atoms with Crippen LogP contribution in [-0.2, 0) is 6.54 Å². The highest BCUT2D eigenvalue weighted by atomic mass is 16.1. The van der Waals surface area contributed by atoms with E-state index in [1.54, 1.807) is 12.5 Å². The predicted molar refractivity (Wildman–Crippen MR) is 88.2 cm³/mol. The van der Waals surface area contributed by atoms with Gasteiger partial charge in [0.05, 0.1) is 6.33 Å². The number of imidazole rings is 1. The molecular formula is C18H22N4O. The van der Waals surface area contributed by atoms with E-state index in [0.717, 1.165) is 24.9 Å². The third-order valence-corrected chi connectivity index (χ3v) is 4.95. The zero-order valence-electron chi connectivity index (χ0n) is 13.1. The minimum Gasteiger partial charge on any atom is -0.349 e. The normalized spacial score (nSPS) is 26.2. The molecule has 5 heteroatoms. The van der Waals surface area contributed by atoms with Gasteiger partial charge in [0.2, 0.25) is 0 Å². The van der Waals surface area contributed by atoms with Crippen molar-refractivity contribution in [1.82, 2.24) is 20.2 Å². The Balaban J connectivity index is 1.36. The summed E-state index contributed by atoms with van der Waals surface area (Å²) < 4.78 is 2.01. The average Bonchev–Trinajstić information content (AvgIpc) is 3.18. The molecule has 3 heterocycles. The summed E-state index contributed by atoms with van der Waals surface area (Å²) in [6.07, 6.45) is 10.1. The molecule has 2 unspecified atom stereocenters. The lowest BCUT2D eigenvalue weighted by Crippen LogP contribution is -2.48. The highest BCUT2D eigenvalue weighted by Crippen LogP contribution is 2.26. The van der Waals surface area contributed by atoms with Gasteiger partial charge >= 0.3 is 0 Å². The molecule has 0 radical (unpaired) electrons. The Morgan fingerprint density at radius 3 is 2.61 bits per heavy atom. The van der Waals surface area contributed by atoms with Crippen LogP contribution in [0, 0.1) is 0 Å². The number of aromatic nitrogens is 2. The Hall–Kier alpha value is -2.14. The molecule has 1 aromatic carbocycles. The predicted octanol–water partition coefficient (Wildman–Crippen LogP) is 1.94. The number of fused-ring (bicyclic) bond motifs is 2. The maximum absolute atomic E-state index is 12.4. The van der Waals surface area contributed by atoms with Crippen molar-refractivity contribution in [2.45, 2.75) is 50.4 Å². The Morgan fingerprint density at radius 1 is 1.22 bits per heavy atom. The van der Waals surface area contributed by atoms with Gasteiger partial charge in [0, 0.05) is 42.6 Å². The number of hydrogen-bond donors (Lipinski definition) is 2. The van der Waals surface area contributed by atoms with E-state index in [1.807, 2.05) is 35.0 Å². The second-order valence-electron chi connectivity index (χ2n) is 6.71. The van der Waals surface area contributed by atoms with Gasteiger partial charge in [-0.15, -0.1) is 0 Å². The van der Waals surface area contributed by atoms with Crippen molar-refractivity contribution in [3.63, 3.8) is 0 Å². The molecule has 23 heavy (non-hydrogen) atoms. The zero-order chi connectivity index (χ0) is 15.6. The van der Waals surface area contributed by atoms with Crippen molar-refractivity contribution >= 4 is 5.91 Å². The van der Waals surface area contributed by atoms with E-state index in [2.05, 4.69) is 15.6 Å². The van der Waals surface area contributed by atoms with Gasteiger partial charge in [0.15, 0.2) is 0 Å². The van der Waals surface area contributed by atoms with Gasteiger partial charge in [-0.25, -0.2) is 4.98 Å². The second-order valence-corrected chi connectivity index (χ2v) is 6.71. The Morgan fingerprint density at radius 2 is 1.96 bits per heavy atom. The van der Waals surface area contributed by atoms with Gasteiger partial charge in [-0.05, 0) is 43.4 Å². The molecule has 2 aliphatic rings. The molecule has 2 bridgehead atoms. The maximum Gasteiger partial charge on any atom is 0.251 e. The van der Waals surface area contributed by atoms with Crippen LogP contribution in [0.25, 0.3) is 0 Å². The number of piperidine rings is 1. The monoisotopic (exact) mass is 310 g/mol. The summed E-state index contributed by atoms with van der Waals surface area (Å²) in [6, 6.07) is 9.36. The van der Waals surface area contributed by atoms with Crippen LogP contribution in [0.3, 0.4) is 0 Å². The summed E-state index contributed by atoms with van der Waals surface area (Å²) in [6.45, 7) is 0.777. The Labute approximate surface area is 136 Å². The molecule has 0 aliphatic carbocycles. The fourth-order valence-electron chi connectivity index (χ4n) is 3.80.